The van der Waals surface area contributed by atoms with Crippen molar-refractivity contribution in [1.82, 2.24) is 19.7 Å². The van der Waals surface area contributed by atoms with Gasteiger partial charge in [0.1, 0.15) is 19.2 Å². The number of hydrogen-bond acceptors (Lipinski definition) is 3. The summed E-state index contributed by atoms with van der Waals surface area (Å²) in [5.41, 5.74) is 0. The summed E-state index contributed by atoms with van der Waals surface area (Å²) in [6.07, 6.45) is 2.95. The first kappa shape index (κ1) is 9.70. The summed E-state index contributed by atoms with van der Waals surface area (Å²) in [5, 5.41) is 3.86. The minimum atomic E-state index is 0.0421. The lowest BCUT2D eigenvalue weighted by molar-refractivity contribution is -0.132. The average molecular weight is 182 g/mol. The number of aromatic nitrogens is 3. The van der Waals surface area contributed by atoms with Gasteiger partial charge >= 0.3 is 0 Å². The van der Waals surface area contributed by atoms with E-state index in [0.29, 0.717) is 0 Å². The Bertz CT molecular complexity index is 268. The summed E-state index contributed by atoms with van der Waals surface area (Å²) >= 11 is 0. The molecule has 5 nitrogen and oxygen atoms in total. The van der Waals surface area contributed by atoms with Gasteiger partial charge in [-0.05, 0) is 13.8 Å². The molecule has 0 saturated heterocycles. The highest BCUT2D eigenvalue weighted by Crippen LogP contribution is 1.95. The molecule has 5 heteroatoms. The molecule has 72 valence electrons. The third kappa shape index (κ3) is 2.54. The van der Waals surface area contributed by atoms with Crippen LogP contribution < -0.4 is 0 Å². The topological polar surface area (TPSA) is 51.0 Å². The van der Waals surface area contributed by atoms with Crippen molar-refractivity contribution in [3.8, 4) is 0 Å². The van der Waals surface area contributed by atoms with E-state index in [9.17, 15) is 4.79 Å². The number of carbonyl (C=O) groups excluding carboxylic acids is 1. The normalized spacial score (nSPS) is 10.5. The molecular weight excluding hydrogens is 168 g/mol. The standard InChI is InChI=1S/C8H14N4O/c1-7(2)11(3)8(13)4-12-6-9-5-10-12/h5-7H,4H2,1-3H3. The van der Waals surface area contributed by atoms with Gasteiger partial charge in [0.15, 0.2) is 0 Å². The highest BCUT2D eigenvalue weighted by atomic mass is 16.2. The van der Waals surface area contributed by atoms with Gasteiger partial charge in [-0.3, -0.25) is 4.79 Å². The monoisotopic (exact) mass is 182 g/mol. The Balaban J connectivity index is 2.51. The number of carbonyl (C=O) groups is 1. The van der Waals surface area contributed by atoms with E-state index in [-0.39, 0.29) is 18.5 Å². The molecule has 0 radical (unpaired) electrons. The number of hydrogen-bond donors (Lipinski definition) is 0. The van der Waals surface area contributed by atoms with Crippen molar-refractivity contribution in [1.29, 1.82) is 0 Å². The summed E-state index contributed by atoms with van der Waals surface area (Å²) in [6.45, 7) is 4.20. The first-order valence-electron chi connectivity index (χ1n) is 4.19. The maximum absolute atomic E-state index is 11.5. The predicted molar refractivity (Wildman–Crippen MR) is 47.9 cm³/mol. The van der Waals surface area contributed by atoms with Crippen LogP contribution in [0.3, 0.4) is 0 Å². The van der Waals surface area contributed by atoms with Gasteiger partial charge in [0, 0.05) is 13.1 Å². The van der Waals surface area contributed by atoms with E-state index in [1.807, 2.05) is 13.8 Å². The lowest BCUT2D eigenvalue weighted by Crippen LogP contribution is -2.35. The second-order valence-electron chi connectivity index (χ2n) is 3.19. The van der Waals surface area contributed by atoms with Crippen molar-refractivity contribution in [3.05, 3.63) is 12.7 Å². The highest BCUT2D eigenvalue weighted by Gasteiger charge is 2.11. The molecule has 0 saturated carbocycles. The molecule has 1 rings (SSSR count). The summed E-state index contributed by atoms with van der Waals surface area (Å²) in [7, 11) is 1.78. The largest absolute Gasteiger partial charge is 0.342 e. The average Bonchev–Trinajstić information content (AvgIpc) is 2.55. The molecule has 0 atom stereocenters. The molecule has 0 aliphatic heterocycles. The van der Waals surface area contributed by atoms with Gasteiger partial charge in [0.25, 0.3) is 0 Å². The molecule has 0 spiro atoms. The van der Waals surface area contributed by atoms with Crippen LogP contribution in [0.25, 0.3) is 0 Å². The van der Waals surface area contributed by atoms with Gasteiger partial charge in [-0.25, -0.2) is 9.67 Å². The Hall–Kier alpha value is -1.39. The number of amides is 1. The molecule has 0 unspecified atom stereocenters. The molecule has 0 fully saturated rings. The third-order valence-electron chi connectivity index (χ3n) is 1.93. The molecule has 1 aromatic rings. The fourth-order valence-corrected chi connectivity index (χ4v) is 0.852. The smallest absolute Gasteiger partial charge is 0.244 e. The van der Waals surface area contributed by atoms with Crippen molar-refractivity contribution < 1.29 is 4.79 Å². The maximum atomic E-state index is 11.5. The summed E-state index contributed by atoms with van der Waals surface area (Å²) in [4.78, 5) is 16.9. The second kappa shape index (κ2) is 4.02. The molecular formula is C8H14N4O. The fourth-order valence-electron chi connectivity index (χ4n) is 0.852. The quantitative estimate of drug-likeness (QED) is 0.668. The fraction of sp³-hybridized carbons (Fsp3) is 0.625. The summed E-state index contributed by atoms with van der Waals surface area (Å²) < 4.78 is 1.52. The molecule has 1 amide bonds. The van der Waals surface area contributed by atoms with Crippen LogP contribution in [0, 0.1) is 0 Å². The zero-order valence-electron chi connectivity index (χ0n) is 8.14. The van der Waals surface area contributed by atoms with Crippen LogP contribution in [0.5, 0.6) is 0 Å². The van der Waals surface area contributed by atoms with Gasteiger partial charge in [-0.15, -0.1) is 0 Å². The number of nitrogens with zero attached hydrogens (tertiary/aromatic N) is 4. The van der Waals surface area contributed by atoms with E-state index in [4.69, 9.17) is 0 Å². The number of likely N-dealkylation sites (N-methyl/N-ethyl adjacent to an activating group) is 1. The van der Waals surface area contributed by atoms with Crippen LogP contribution in [-0.2, 0) is 11.3 Å². The Morgan fingerprint density at radius 3 is 2.77 bits per heavy atom. The van der Waals surface area contributed by atoms with E-state index >= 15 is 0 Å². The van der Waals surface area contributed by atoms with Crippen LogP contribution in [0.15, 0.2) is 12.7 Å². The highest BCUT2D eigenvalue weighted by molar-refractivity contribution is 5.75. The lowest BCUT2D eigenvalue weighted by Gasteiger charge is -2.20. The van der Waals surface area contributed by atoms with Crippen LogP contribution >= 0.6 is 0 Å². The first-order chi connectivity index (χ1) is 6.11. The maximum Gasteiger partial charge on any atom is 0.244 e. The van der Waals surface area contributed by atoms with Crippen LogP contribution in [0.2, 0.25) is 0 Å². The van der Waals surface area contributed by atoms with E-state index in [1.165, 1.54) is 17.3 Å². The molecule has 0 aliphatic rings. The van der Waals surface area contributed by atoms with E-state index in [2.05, 4.69) is 10.1 Å². The molecule has 0 aliphatic carbocycles. The Morgan fingerprint density at radius 1 is 1.62 bits per heavy atom. The predicted octanol–water partition coefficient (Wildman–Crippen LogP) is 0.145. The zero-order chi connectivity index (χ0) is 9.84. The number of rotatable bonds is 3. The van der Waals surface area contributed by atoms with E-state index in [0.717, 1.165) is 0 Å². The Kier molecular flexibility index (Phi) is 3.00. The molecule has 1 heterocycles. The third-order valence-corrected chi connectivity index (χ3v) is 1.93. The lowest BCUT2D eigenvalue weighted by atomic mass is 10.3. The molecule has 0 N–H and O–H groups in total. The first-order valence-corrected chi connectivity index (χ1v) is 4.19. The summed E-state index contributed by atoms with van der Waals surface area (Å²) in [6, 6.07) is 0.219. The van der Waals surface area contributed by atoms with Crippen LogP contribution in [0.4, 0.5) is 0 Å². The Labute approximate surface area is 77.4 Å². The van der Waals surface area contributed by atoms with Gasteiger partial charge in [-0.1, -0.05) is 0 Å². The van der Waals surface area contributed by atoms with Gasteiger partial charge < -0.3 is 4.90 Å². The summed E-state index contributed by atoms with van der Waals surface area (Å²) in [5.74, 6) is 0.0421. The van der Waals surface area contributed by atoms with Gasteiger partial charge in [0.05, 0.1) is 0 Å². The second-order valence-corrected chi connectivity index (χ2v) is 3.19. The van der Waals surface area contributed by atoms with Crippen molar-refractivity contribution >= 4 is 5.91 Å². The van der Waals surface area contributed by atoms with Crippen LogP contribution in [-0.4, -0.2) is 38.7 Å². The van der Waals surface area contributed by atoms with Crippen molar-refractivity contribution in [3.63, 3.8) is 0 Å². The molecule has 1 aromatic heterocycles. The van der Waals surface area contributed by atoms with Crippen molar-refractivity contribution in [2.75, 3.05) is 7.05 Å². The molecule has 13 heavy (non-hydrogen) atoms. The van der Waals surface area contributed by atoms with Crippen LogP contribution in [0.1, 0.15) is 13.8 Å². The Morgan fingerprint density at radius 2 is 2.31 bits per heavy atom. The minimum Gasteiger partial charge on any atom is -0.342 e. The van der Waals surface area contributed by atoms with Gasteiger partial charge in [0.2, 0.25) is 5.91 Å². The SMILES string of the molecule is CC(C)N(C)C(=O)Cn1cncn1. The minimum absolute atomic E-state index is 0.0421. The van der Waals surface area contributed by atoms with E-state index < -0.39 is 0 Å². The molecule has 0 aromatic carbocycles. The van der Waals surface area contributed by atoms with Gasteiger partial charge in [-0.2, -0.15) is 5.10 Å². The van der Waals surface area contributed by atoms with Crippen molar-refractivity contribution in [2.24, 2.45) is 0 Å². The van der Waals surface area contributed by atoms with E-state index in [1.54, 1.807) is 11.9 Å². The molecule has 0 bridgehead atoms. The zero-order valence-corrected chi connectivity index (χ0v) is 8.14. The van der Waals surface area contributed by atoms with Crippen molar-refractivity contribution in [2.45, 2.75) is 26.4 Å².